The number of amides is 1. The number of hydrogen-bond acceptors (Lipinski definition) is 6. The summed E-state index contributed by atoms with van der Waals surface area (Å²) in [6.45, 7) is 2.84. The lowest BCUT2D eigenvalue weighted by atomic mass is 10.1. The standard InChI is InChI=1S/C28H29N3O4/c1-33-21-13-11-20(12-14-21)19-26(32)30-15-6-16-31(18-17-30)28-22-7-5-10-25(34-2)27(22)35-24-9-4-3-8-23(24)29-28/h3-5,7-14H,6,15-19H2,1-2H3. The average molecular weight is 472 g/mol. The van der Waals surface area contributed by atoms with Crippen molar-refractivity contribution in [3.63, 3.8) is 0 Å². The molecular weight excluding hydrogens is 442 g/mol. The number of carbonyl (C=O) groups is 1. The summed E-state index contributed by atoms with van der Waals surface area (Å²) in [5.41, 5.74) is 2.65. The molecule has 1 amide bonds. The van der Waals surface area contributed by atoms with Gasteiger partial charge in [-0.15, -0.1) is 0 Å². The topological polar surface area (TPSA) is 63.6 Å². The molecule has 1 saturated heterocycles. The van der Waals surface area contributed by atoms with E-state index < -0.39 is 0 Å². The van der Waals surface area contributed by atoms with Gasteiger partial charge in [0.15, 0.2) is 17.2 Å². The Labute approximate surface area is 205 Å². The van der Waals surface area contributed by atoms with Crippen LogP contribution < -0.4 is 14.2 Å². The third-order valence-corrected chi connectivity index (χ3v) is 6.41. The molecule has 2 aliphatic rings. The maximum atomic E-state index is 13.1. The number of nitrogens with zero attached hydrogens (tertiary/aromatic N) is 3. The number of hydrogen-bond donors (Lipinski definition) is 0. The second-order valence-corrected chi connectivity index (χ2v) is 8.59. The number of amidine groups is 1. The Hall–Kier alpha value is -4.00. The second-order valence-electron chi connectivity index (χ2n) is 8.59. The van der Waals surface area contributed by atoms with Crippen LogP contribution >= 0.6 is 0 Å². The van der Waals surface area contributed by atoms with Gasteiger partial charge < -0.3 is 24.0 Å². The van der Waals surface area contributed by atoms with Gasteiger partial charge in [-0.1, -0.05) is 30.3 Å². The molecule has 35 heavy (non-hydrogen) atoms. The van der Waals surface area contributed by atoms with Crippen LogP contribution in [0.15, 0.2) is 71.7 Å². The van der Waals surface area contributed by atoms with E-state index in [0.717, 1.165) is 47.9 Å². The molecule has 0 bridgehead atoms. The number of aliphatic imine (C=N–C) groups is 1. The highest BCUT2D eigenvalue weighted by molar-refractivity contribution is 6.04. The molecule has 0 radical (unpaired) electrons. The summed E-state index contributed by atoms with van der Waals surface area (Å²) in [7, 11) is 3.28. The molecule has 5 rings (SSSR count). The van der Waals surface area contributed by atoms with Crippen LogP contribution in [0.1, 0.15) is 17.5 Å². The average Bonchev–Trinajstić information content (AvgIpc) is 3.24. The van der Waals surface area contributed by atoms with Crippen molar-refractivity contribution in [2.24, 2.45) is 4.99 Å². The van der Waals surface area contributed by atoms with Crippen molar-refractivity contribution in [1.29, 1.82) is 0 Å². The first-order valence-electron chi connectivity index (χ1n) is 11.8. The van der Waals surface area contributed by atoms with E-state index in [-0.39, 0.29) is 5.91 Å². The highest BCUT2D eigenvalue weighted by Gasteiger charge is 2.27. The first kappa shape index (κ1) is 22.8. The minimum atomic E-state index is 0.135. The molecule has 7 heteroatoms. The minimum Gasteiger partial charge on any atom is -0.497 e. The predicted octanol–water partition coefficient (Wildman–Crippen LogP) is 4.66. The maximum Gasteiger partial charge on any atom is 0.227 e. The number of methoxy groups -OCH3 is 2. The van der Waals surface area contributed by atoms with Crippen LogP contribution in [0.4, 0.5) is 5.69 Å². The van der Waals surface area contributed by atoms with Crippen molar-refractivity contribution in [3.05, 3.63) is 77.9 Å². The number of benzene rings is 3. The van der Waals surface area contributed by atoms with Gasteiger partial charge in [0.1, 0.15) is 17.3 Å². The zero-order valence-electron chi connectivity index (χ0n) is 20.1. The first-order valence-corrected chi connectivity index (χ1v) is 11.8. The molecule has 2 heterocycles. The predicted molar refractivity (Wildman–Crippen MR) is 135 cm³/mol. The van der Waals surface area contributed by atoms with Gasteiger partial charge in [-0.25, -0.2) is 4.99 Å². The van der Waals surface area contributed by atoms with Crippen LogP contribution in [-0.4, -0.2) is 61.9 Å². The highest BCUT2D eigenvalue weighted by Crippen LogP contribution is 2.42. The van der Waals surface area contributed by atoms with E-state index in [1.807, 2.05) is 71.6 Å². The molecule has 7 nitrogen and oxygen atoms in total. The van der Waals surface area contributed by atoms with E-state index in [9.17, 15) is 4.79 Å². The lowest BCUT2D eigenvalue weighted by molar-refractivity contribution is -0.130. The zero-order valence-corrected chi connectivity index (χ0v) is 20.1. The summed E-state index contributed by atoms with van der Waals surface area (Å²) in [5, 5.41) is 0. The molecule has 0 atom stereocenters. The Bertz CT molecular complexity index is 1240. The molecule has 1 fully saturated rings. The Kier molecular flexibility index (Phi) is 6.57. The number of para-hydroxylation sites is 3. The monoisotopic (exact) mass is 471 g/mol. The quantitative estimate of drug-likeness (QED) is 0.554. The van der Waals surface area contributed by atoms with Crippen molar-refractivity contribution in [1.82, 2.24) is 9.80 Å². The van der Waals surface area contributed by atoms with Gasteiger partial charge >= 0.3 is 0 Å². The van der Waals surface area contributed by atoms with Gasteiger partial charge in [0.05, 0.1) is 26.2 Å². The summed E-state index contributed by atoms with van der Waals surface area (Å²) < 4.78 is 17.1. The maximum absolute atomic E-state index is 13.1. The summed E-state index contributed by atoms with van der Waals surface area (Å²) in [4.78, 5) is 22.3. The third-order valence-electron chi connectivity index (χ3n) is 6.41. The Morgan fingerprint density at radius 1 is 0.914 bits per heavy atom. The molecule has 0 aromatic heterocycles. The molecule has 0 spiro atoms. The zero-order chi connectivity index (χ0) is 24.2. The first-order chi connectivity index (χ1) is 17.2. The van der Waals surface area contributed by atoms with E-state index in [1.54, 1.807) is 14.2 Å². The van der Waals surface area contributed by atoms with E-state index in [0.29, 0.717) is 36.8 Å². The fourth-order valence-electron chi connectivity index (χ4n) is 4.53. The van der Waals surface area contributed by atoms with Gasteiger partial charge in [-0.3, -0.25) is 4.79 Å². The third kappa shape index (κ3) is 4.80. The van der Waals surface area contributed by atoms with Crippen molar-refractivity contribution < 1.29 is 19.0 Å². The van der Waals surface area contributed by atoms with Gasteiger partial charge in [0, 0.05) is 26.2 Å². The number of rotatable bonds is 4. The summed E-state index contributed by atoms with van der Waals surface area (Å²) in [5.74, 6) is 3.79. The Morgan fingerprint density at radius 2 is 1.74 bits per heavy atom. The summed E-state index contributed by atoms with van der Waals surface area (Å²) in [6, 6.07) is 21.3. The second kappa shape index (κ2) is 10.1. The lowest BCUT2D eigenvalue weighted by Crippen LogP contribution is -2.38. The molecular formula is C28H29N3O4. The van der Waals surface area contributed by atoms with Crippen LogP contribution in [0.3, 0.4) is 0 Å². The lowest BCUT2D eigenvalue weighted by Gasteiger charge is -2.25. The molecule has 0 saturated carbocycles. The number of ether oxygens (including phenoxy) is 3. The molecule has 3 aromatic carbocycles. The van der Waals surface area contributed by atoms with Crippen LogP contribution in [0.2, 0.25) is 0 Å². The Morgan fingerprint density at radius 3 is 2.54 bits per heavy atom. The number of carbonyl (C=O) groups excluding carboxylic acids is 1. The van der Waals surface area contributed by atoms with Crippen molar-refractivity contribution >= 4 is 17.4 Å². The molecule has 0 unspecified atom stereocenters. The summed E-state index contributed by atoms with van der Waals surface area (Å²) >= 11 is 0. The fourth-order valence-corrected chi connectivity index (χ4v) is 4.53. The van der Waals surface area contributed by atoms with E-state index in [1.165, 1.54) is 0 Å². The summed E-state index contributed by atoms with van der Waals surface area (Å²) in [6.07, 6.45) is 1.24. The largest absolute Gasteiger partial charge is 0.497 e. The van der Waals surface area contributed by atoms with Gasteiger partial charge in [-0.05, 0) is 48.4 Å². The molecule has 180 valence electrons. The molecule has 3 aromatic rings. The van der Waals surface area contributed by atoms with E-state index in [4.69, 9.17) is 19.2 Å². The molecule has 2 aliphatic heterocycles. The van der Waals surface area contributed by atoms with Gasteiger partial charge in [0.2, 0.25) is 5.91 Å². The fraction of sp³-hybridized carbons (Fsp3) is 0.286. The van der Waals surface area contributed by atoms with Crippen molar-refractivity contribution in [3.8, 4) is 23.0 Å². The molecule has 0 N–H and O–H groups in total. The van der Waals surface area contributed by atoms with Gasteiger partial charge in [0.25, 0.3) is 0 Å². The number of fused-ring (bicyclic) bond motifs is 2. The Balaban J connectivity index is 1.37. The van der Waals surface area contributed by atoms with E-state index in [2.05, 4.69) is 4.90 Å². The van der Waals surface area contributed by atoms with E-state index >= 15 is 0 Å². The molecule has 0 aliphatic carbocycles. The minimum absolute atomic E-state index is 0.135. The van der Waals surface area contributed by atoms with Crippen molar-refractivity contribution in [2.45, 2.75) is 12.8 Å². The normalized spacial score (nSPS) is 15.1. The van der Waals surface area contributed by atoms with Crippen LogP contribution in [-0.2, 0) is 11.2 Å². The smallest absolute Gasteiger partial charge is 0.227 e. The van der Waals surface area contributed by atoms with Crippen molar-refractivity contribution in [2.75, 3.05) is 40.4 Å². The SMILES string of the molecule is COc1ccc(CC(=O)N2CCCN(C3=Nc4ccccc4Oc4c(OC)cccc43)CC2)cc1. The highest BCUT2D eigenvalue weighted by atomic mass is 16.5. The van der Waals surface area contributed by atoms with Crippen LogP contribution in [0, 0.1) is 0 Å². The van der Waals surface area contributed by atoms with Crippen LogP contribution in [0.5, 0.6) is 23.0 Å². The van der Waals surface area contributed by atoms with Crippen LogP contribution in [0.25, 0.3) is 0 Å². The van der Waals surface area contributed by atoms with Gasteiger partial charge in [-0.2, -0.15) is 0 Å².